The molecule has 0 fully saturated rings. The van der Waals surface area contributed by atoms with E-state index in [0.717, 1.165) is 0 Å². The zero-order valence-electron chi connectivity index (χ0n) is 11.1. The molecule has 106 valence electrons. The molecule has 0 amide bonds. The molecular weight excluding hydrogens is 272 g/mol. The number of rotatable bonds is 3. The summed E-state index contributed by atoms with van der Waals surface area (Å²) in [5.74, 6) is 1.05. The Morgan fingerprint density at radius 3 is 2.76 bits per heavy atom. The van der Waals surface area contributed by atoms with E-state index in [2.05, 4.69) is 15.1 Å². The first-order valence-corrected chi connectivity index (χ1v) is 6.10. The van der Waals surface area contributed by atoms with Gasteiger partial charge in [-0.2, -0.15) is 4.98 Å². The number of aromatic hydroxyl groups is 1. The number of nitrogen functional groups attached to an aromatic ring is 1. The Bertz CT molecular complexity index is 768. The number of ether oxygens (including phenoxy) is 1. The highest BCUT2D eigenvalue weighted by Gasteiger charge is 2.15. The Kier molecular flexibility index (Phi) is 3.15. The number of hydrogen-bond donors (Lipinski definition) is 2. The number of anilines is 1. The number of aromatic nitrogens is 3. The summed E-state index contributed by atoms with van der Waals surface area (Å²) in [4.78, 5) is 8.33. The molecule has 3 N–H and O–H groups in total. The fraction of sp³-hybridized carbons (Fsp3) is 0.0714. The van der Waals surface area contributed by atoms with Gasteiger partial charge in [-0.3, -0.25) is 4.98 Å². The Morgan fingerprint density at radius 1 is 1.24 bits per heavy atom. The second kappa shape index (κ2) is 5.12. The van der Waals surface area contributed by atoms with Gasteiger partial charge in [0.1, 0.15) is 17.2 Å². The summed E-state index contributed by atoms with van der Waals surface area (Å²) >= 11 is 0. The highest BCUT2D eigenvalue weighted by molar-refractivity contribution is 5.65. The van der Waals surface area contributed by atoms with Crippen LogP contribution in [0.5, 0.6) is 11.5 Å². The van der Waals surface area contributed by atoms with E-state index in [4.69, 9.17) is 15.0 Å². The van der Waals surface area contributed by atoms with Crippen molar-refractivity contribution in [2.24, 2.45) is 0 Å². The van der Waals surface area contributed by atoms with Crippen molar-refractivity contribution in [1.29, 1.82) is 0 Å². The number of benzene rings is 1. The largest absolute Gasteiger partial charge is 0.507 e. The quantitative estimate of drug-likeness (QED) is 0.758. The first-order chi connectivity index (χ1) is 10.2. The van der Waals surface area contributed by atoms with E-state index < -0.39 is 0 Å². The standard InChI is InChI=1S/C14H12N4O3/c1-20-9-3-4-10(12(19)6-9)14-17-13(18-21-14)11-5-2-8(15)7-16-11/h2-7,19H,15H2,1H3. The Morgan fingerprint density at radius 2 is 2.10 bits per heavy atom. The number of pyridine rings is 1. The molecule has 0 spiro atoms. The molecule has 0 bridgehead atoms. The van der Waals surface area contributed by atoms with Gasteiger partial charge >= 0.3 is 0 Å². The molecule has 0 unspecified atom stereocenters. The Hall–Kier alpha value is -3.09. The van der Waals surface area contributed by atoms with Crippen LogP contribution in [-0.2, 0) is 0 Å². The van der Waals surface area contributed by atoms with E-state index >= 15 is 0 Å². The molecule has 0 atom stereocenters. The molecule has 2 heterocycles. The van der Waals surface area contributed by atoms with Gasteiger partial charge in [-0.1, -0.05) is 5.16 Å². The summed E-state index contributed by atoms with van der Waals surface area (Å²) in [6.07, 6.45) is 1.51. The molecule has 3 aromatic rings. The van der Waals surface area contributed by atoms with Crippen molar-refractivity contribution in [2.75, 3.05) is 12.8 Å². The lowest BCUT2D eigenvalue weighted by molar-refractivity contribution is 0.405. The van der Waals surface area contributed by atoms with Crippen LogP contribution in [0, 0.1) is 0 Å². The average molecular weight is 284 g/mol. The minimum atomic E-state index is -0.00480. The van der Waals surface area contributed by atoms with Crippen LogP contribution in [0.15, 0.2) is 41.1 Å². The molecule has 21 heavy (non-hydrogen) atoms. The van der Waals surface area contributed by atoms with Crippen molar-refractivity contribution in [3.05, 3.63) is 36.5 Å². The SMILES string of the molecule is COc1ccc(-c2nc(-c3ccc(N)cn3)no2)c(O)c1. The maximum atomic E-state index is 9.95. The number of phenols is 1. The van der Waals surface area contributed by atoms with Gasteiger partial charge in [0.25, 0.3) is 5.89 Å². The lowest BCUT2D eigenvalue weighted by Gasteiger charge is -2.02. The molecule has 7 heteroatoms. The molecule has 0 aliphatic heterocycles. The lowest BCUT2D eigenvalue weighted by atomic mass is 10.2. The number of methoxy groups -OCH3 is 1. The number of nitrogens with two attached hydrogens (primary N) is 1. The van der Waals surface area contributed by atoms with E-state index in [-0.39, 0.29) is 11.6 Å². The second-order valence-corrected chi connectivity index (χ2v) is 4.28. The second-order valence-electron chi connectivity index (χ2n) is 4.28. The highest BCUT2D eigenvalue weighted by atomic mass is 16.5. The predicted octanol–water partition coefficient (Wildman–Crippen LogP) is 2.09. The highest BCUT2D eigenvalue weighted by Crippen LogP contribution is 2.32. The molecule has 0 saturated carbocycles. The molecule has 0 radical (unpaired) electrons. The van der Waals surface area contributed by atoms with Crippen molar-refractivity contribution in [1.82, 2.24) is 15.1 Å². The van der Waals surface area contributed by atoms with Crippen molar-refractivity contribution in [3.63, 3.8) is 0 Å². The van der Waals surface area contributed by atoms with Crippen LogP contribution < -0.4 is 10.5 Å². The summed E-state index contributed by atoms with van der Waals surface area (Å²) in [7, 11) is 1.52. The fourth-order valence-electron chi connectivity index (χ4n) is 1.79. The van der Waals surface area contributed by atoms with Crippen molar-refractivity contribution in [2.45, 2.75) is 0 Å². The van der Waals surface area contributed by atoms with E-state index in [1.807, 2.05) is 0 Å². The summed E-state index contributed by atoms with van der Waals surface area (Å²) in [6.45, 7) is 0. The molecule has 1 aromatic carbocycles. The normalized spacial score (nSPS) is 10.5. The Labute approximate surface area is 120 Å². The molecule has 7 nitrogen and oxygen atoms in total. The van der Waals surface area contributed by atoms with Gasteiger partial charge in [0, 0.05) is 6.07 Å². The zero-order chi connectivity index (χ0) is 14.8. The van der Waals surface area contributed by atoms with Crippen LogP contribution in [0.3, 0.4) is 0 Å². The summed E-state index contributed by atoms with van der Waals surface area (Å²) in [5, 5.41) is 13.8. The van der Waals surface area contributed by atoms with Crippen LogP contribution in [0.2, 0.25) is 0 Å². The maximum absolute atomic E-state index is 9.95. The van der Waals surface area contributed by atoms with Gasteiger partial charge in [-0.05, 0) is 24.3 Å². The fourth-order valence-corrected chi connectivity index (χ4v) is 1.79. The molecule has 0 saturated heterocycles. The van der Waals surface area contributed by atoms with E-state index in [1.54, 1.807) is 24.3 Å². The van der Waals surface area contributed by atoms with Gasteiger partial charge in [0.2, 0.25) is 5.82 Å². The van der Waals surface area contributed by atoms with Crippen LogP contribution in [0.25, 0.3) is 23.0 Å². The first-order valence-electron chi connectivity index (χ1n) is 6.10. The Balaban J connectivity index is 1.96. The smallest absolute Gasteiger partial charge is 0.262 e. The molecule has 0 aliphatic rings. The van der Waals surface area contributed by atoms with Gasteiger partial charge in [-0.25, -0.2) is 0 Å². The number of hydrogen-bond acceptors (Lipinski definition) is 7. The minimum Gasteiger partial charge on any atom is -0.507 e. The monoisotopic (exact) mass is 284 g/mol. The molecule has 0 aliphatic carbocycles. The van der Waals surface area contributed by atoms with Crippen LogP contribution >= 0.6 is 0 Å². The zero-order valence-corrected chi connectivity index (χ0v) is 11.1. The third-order valence-corrected chi connectivity index (χ3v) is 2.88. The summed E-state index contributed by atoms with van der Waals surface area (Å²) < 4.78 is 10.2. The number of nitrogens with zero attached hydrogens (tertiary/aromatic N) is 3. The third kappa shape index (κ3) is 2.48. The van der Waals surface area contributed by atoms with E-state index in [0.29, 0.717) is 28.5 Å². The molecule has 2 aromatic heterocycles. The van der Waals surface area contributed by atoms with Crippen LogP contribution in [0.1, 0.15) is 0 Å². The third-order valence-electron chi connectivity index (χ3n) is 2.88. The van der Waals surface area contributed by atoms with Crippen LogP contribution in [-0.4, -0.2) is 27.3 Å². The van der Waals surface area contributed by atoms with Crippen molar-refractivity contribution < 1.29 is 14.4 Å². The maximum Gasteiger partial charge on any atom is 0.262 e. The molecule has 3 rings (SSSR count). The first kappa shape index (κ1) is 12.9. The van der Waals surface area contributed by atoms with E-state index in [1.165, 1.54) is 19.4 Å². The van der Waals surface area contributed by atoms with Gasteiger partial charge in [-0.15, -0.1) is 0 Å². The van der Waals surface area contributed by atoms with Crippen LogP contribution in [0.4, 0.5) is 5.69 Å². The van der Waals surface area contributed by atoms with Gasteiger partial charge in [0.15, 0.2) is 0 Å². The number of phenolic OH excluding ortho intramolecular Hbond substituents is 1. The molecular formula is C14H12N4O3. The van der Waals surface area contributed by atoms with Gasteiger partial charge < -0.3 is 20.1 Å². The minimum absolute atomic E-state index is 0.00480. The van der Waals surface area contributed by atoms with Gasteiger partial charge in [0.05, 0.1) is 24.6 Å². The summed E-state index contributed by atoms with van der Waals surface area (Å²) in [5.41, 5.74) is 7.08. The predicted molar refractivity (Wildman–Crippen MR) is 75.6 cm³/mol. The average Bonchev–Trinajstić information content (AvgIpc) is 2.97. The van der Waals surface area contributed by atoms with E-state index in [9.17, 15) is 5.11 Å². The summed E-state index contributed by atoms with van der Waals surface area (Å²) in [6, 6.07) is 8.20. The van der Waals surface area contributed by atoms with Crippen molar-refractivity contribution in [3.8, 4) is 34.5 Å². The van der Waals surface area contributed by atoms with Crippen molar-refractivity contribution >= 4 is 5.69 Å². The topological polar surface area (TPSA) is 107 Å². The lowest BCUT2D eigenvalue weighted by Crippen LogP contribution is -1.89.